The third-order valence-corrected chi connectivity index (χ3v) is 9.61. The molecule has 1 atom stereocenters. The molecule has 4 heterocycles. The predicted molar refractivity (Wildman–Crippen MR) is 164 cm³/mol. The highest BCUT2D eigenvalue weighted by Crippen LogP contribution is 2.38. The Balaban J connectivity index is 0.00000353. The lowest BCUT2D eigenvalue weighted by molar-refractivity contribution is -0.156. The summed E-state index contributed by atoms with van der Waals surface area (Å²) in [5, 5.41) is 10.9. The molecule has 7 nitrogen and oxygen atoms in total. The molecule has 0 radical (unpaired) electrons. The molecule has 6 rings (SSSR count). The number of aryl methyl sites for hydroxylation is 1. The van der Waals surface area contributed by atoms with E-state index in [1.807, 2.05) is 36.7 Å². The maximum Gasteiger partial charge on any atom is 0.468 e. The van der Waals surface area contributed by atoms with Gasteiger partial charge in [0.1, 0.15) is 5.52 Å². The SMILES string of the molecule is Cc1ccc2c(-c3nnc(SCCC(C)N4CCc5cc6nc(C(F)(F)F)oc6c(Br)c5CC4)n3C)cccc2n1.Cl. The van der Waals surface area contributed by atoms with Crippen molar-refractivity contribution in [3.05, 3.63) is 63.6 Å². The van der Waals surface area contributed by atoms with E-state index < -0.39 is 12.1 Å². The lowest BCUT2D eigenvalue weighted by Crippen LogP contribution is -2.35. The Hall–Kier alpha value is -2.67. The second-order valence-corrected chi connectivity index (χ2v) is 12.3. The van der Waals surface area contributed by atoms with Gasteiger partial charge < -0.3 is 8.98 Å². The summed E-state index contributed by atoms with van der Waals surface area (Å²) in [6, 6.07) is 12.2. The fraction of sp³-hybridized carbons (Fsp3) is 0.379. The van der Waals surface area contributed by atoms with Gasteiger partial charge in [-0.1, -0.05) is 30.0 Å². The van der Waals surface area contributed by atoms with Crippen molar-refractivity contribution in [1.82, 2.24) is 29.6 Å². The van der Waals surface area contributed by atoms with E-state index in [9.17, 15) is 13.2 Å². The Morgan fingerprint density at radius 1 is 1.07 bits per heavy atom. The molecule has 42 heavy (non-hydrogen) atoms. The maximum atomic E-state index is 13.1. The summed E-state index contributed by atoms with van der Waals surface area (Å²) in [5.74, 6) is 0.490. The zero-order valence-electron chi connectivity index (χ0n) is 23.2. The number of pyridine rings is 1. The van der Waals surface area contributed by atoms with Crippen molar-refractivity contribution in [2.24, 2.45) is 7.05 Å². The number of fused-ring (bicyclic) bond motifs is 3. The number of nitrogens with zero attached hydrogens (tertiary/aromatic N) is 6. The number of thioether (sulfide) groups is 1. The summed E-state index contributed by atoms with van der Waals surface area (Å²) in [6.45, 7) is 5.84. The zero-order chi connectivity index (χ0) is 28.9. The van der Waals surface area contributed by atoms with E-state index >= 15 is 0 Å². The van der Waals surface area contributed by atoms with Crippen LogP contribution in [-0.2, 0) is 26.1 Å². The number of alkyl halides is 3. The van der Waals surface area contributed by atoms with Crippen LogP contribution < -0.4 is 0 Å². The number of oxazole rings is 1. The number of benzene rings is 2. The second-order valence-electron chi connectivity index (χ2n) is 10.4. The molecule has 1 aliphatic rings. The van der Waals surface area contributed by atoms with Gasteiger partial charge in [-0.05, 0) is 78.4 Å². The van der Waals surface area contributed by atoms with Crippen LogP contribution in [0.15, 0.2) is 50.4 Å². The highest BCUT2D eigenvalue weighted by Gasteiger charge is 2.38. The molecular formula is C29H29BrClF3N6OS. The van der Waals surface area contributed by atoms with Gasteiger partial charge in [0, 0.05) is 48.6 Å². The monoisotopic (exact) mass is 680 g/mol. The van der Waals surface area contributed by atoms with Gasteiger partial charge in [0.05, 0.1) is 9.99 Å². The lowest BCUT2D eigenvalue weighted by Gasteiger charge is -2.27. The van der Waals surface area contributed by atoms with Gasteiger partial charge in [-0.3, -0.25) is 9.88 Å². The van der Waals surface area contributed by atoms with Crippen molar-refractivity contribution in [3.63, 3.8) is 0 Å². The minimum atomic E-state index is -4.61. The van der Waals surface area contributed by atoms with E-state index in [-0.39, 0.29) is 23.5 Å². The summed E-state index contributed by atoms with van der Waals surface area (Å²) < 4.78 is 47.1. The first-order valence-electron chi connectivity index (χ1n) is 13.4. The first-order valence-corrected chi connectivity index (χ1v) is 15.2. The lowest BCUT2D eigenvalue weighted by atomic mass is 10.0. The van der Waals surface area contributed by atoms with Crippen molar-refractivity contribution in [1.29, 1.82) is 0 Å². The molecule has 1 aliphatic heterocycles. The zero-order valence-corrected chi connectivity index (χ0v) is 26.4. The molecule has 0 spiro atoms. The number of hydrogen-bond donors (Lipinski definition) is 0. The molecule has 3 aromatic heterocycles. The number of halogens is 5. The summed E-state index contributed by atoms with van der Waals surface area (Å²) >= 11 is 5.20. The molecule has 5 aromatic rings. The van der Waals surface area contributed by atoms with Gasteiger partial charge in [0.2, 0.25) is 0 Å². The number of rotatable bonds is 6. The Labute approximate surface area is 259 Å². The normalized spacial score (nSPS) is 15.0. The van der Waals surface area contributed by atoms with Crippen LogP contribution in [0.3, 0.4) is 0 Å². The molecule has 0 fully saturated rings. The van der Waals surface area contributed by atoms with Gasteiger partial charge >= 0.3 is 12.1 Å². The summed E-state index contributed by atoms with van der Waals surface area (Å²) in [5.41, 5.74) is 5.34. The molecule has 1 unspecified atom stereocenters. The fourth-order valence-electron chi connectivity index (χ4n) is 5.43. The van der Waals surface area contributed by atoms with E-state index in [0.717, 1.165) is 82.4 Å². The van der Waals surface area contributed by atoms with Crippen LogP contribution in [-0.4, -0.2) is 54.5 Å². The van der Waals surface area contributed by atoms with E-state index in [2.05, 4.69) is 60.1 Å². The molecule has 0 amide bonds. The van der Waals surface area contributed by atoms with Gasteiger partial charge in [0.15, 0.2) is 16.6 Å². The van der Waals surface area contributed by atoms with Crippen LogP contribution in [0.1, 0.15) is 36.1 Å². The number of hydrogen-bond acceptors (Lipinski definition) is 7. The van der Waals surface area contributed by atoms with Crippen LogP contribution >= 0.6 is 40.1 Å². The van der Waals surface area contributed by atoms with Crippen molar-refractivity contribution in [3.8, 4) is 11.4 Å². The number of aromatic nitrogens is 5. The van der Waals surface area contributed by atoms with Crippen LogP contribution in [0.4, 0.5) is 13.2 Å². The Morgan fingerprint density at radius 2 is 1.86 bits per heavy atom. The minimum absolute atomic E-state index is 0. The molecule has 0 bridgehead atoms. The molecule has 0 saturated heterocycles. The Bertz CT molecular complexity index is 1760. The van der Waals surface area contributed by atoms with E-state index in [1.54, 1.807) is 17.8 Å². The Morgan fingerprint density at radius 3 is 2.64 bits per heavy atom. The Kier molecular flexibility index (Phi) is 8.90. The third kappa shape index (κ3) is 5.91. The highest BCUT2D eigenvalue weighted by atomic mass is 79.9. The van der Waals surface area contributed by atoms with Gasteiger partial charge in [0.25, 0.3) is 0 Å². The molecular weight excluding hydrogens is 653 g/mol. The maximum absolute atomic E-state index is 13.1. The van der Waals surface area contributed by atoms with Crippen LogP contribution in [0.25, 0.3) is 33.4 Å². The van der Waals surface area contributed by atoms with E-state index in [4.69, 9.17) is 4.42 Å². The smallest absolute Gasteiger partial charge is 0.432 e. The van der Waals surface area contributed by atoms with Crippen molar-refractivity contribution in [2.45, 2.75) is 50.5 Å². The molecule has 2 aromatic carbocycles. The fourth-order valence-corrected chi connectivity index (χ4v) is 7.19. The first kappa shape index (κ1) is 30.8. The first-order chi connectivity index (χ1) is 19.6. The standard InChI is InChI=1S/C29H28BrF3N6OS.ClH/c1-16-7-8-20-21(5-4-6-22(20)34-16)26-36-37-28(38(26)3)41-14-11-17(2)39-12-9-18-15-23-25(24(30)19(18)10-13-39)40-27(35-23)29(31,32)33;/h4-8,15,17H,9-14H2,1-3H3;1H. The van der Waals surface area contributed by atoms with Crippen LogP contribution in [0.5, 0.6) is 0 Å². The summed E-state index contributed by atoms with van der Waals surface area (Å²) in [7, 11) is 1.99. The largest absolute Gasteiger partial charge is 0.468 e. The van der Waals surface area contributed by atoms with Crippen molar-refractivity contribution >= 4 is 62.1 Å². The predicted octanol–water partition coefficient (Wildman–Crippen LogP) is 7.65. The van der Waals surface area contributed by atoms with Gasteiger partial charge in [-0.25, -0.2) is 4.98 Å². The molecule has 0 saturated carbocycles. The van der Waals surface area contributed by atoms with Gasteiger partial charge in [-0.15, -0.1) is 22.6 Å². The molecule has 222 valence electrons. The molecule has 13 heteroatoms. The van der Waals surface area contributed by atoms with Crippen LogP contribution in [0.2, 0.25) is 0 Å². The average Bonchev–Trinajstić information content (AvgIpc) is 3.46. The third-order valence-electron chi connectivity index (χ3n) is 7.71. The van der Waals surface area contributed by atoms with Gasteiger partial charge in [-0.2, -0.15) is 13.2 Å². The van der Waals surface area contributed by atoms with E-state index in [0.29, 0.717) is 10.5 Å². The second kappa shape index (κ2) is 12.1. The molecule has 0 aliphatic carbocycles. The highest BCUT2D eigenvalue weighted by molar-refractivity contribution is 9.10. The average molecular weight is 682 g/mol. The summed E-state index contributed by atoms with van der Waals surface area (Å²) in [4.78, 5) is 10.8. The molecule has 0 N–H and O–H groups in total. The summed E-state index contributed by atoms with van der Waals surface area (Å²) in [6.07, 6.45) is -2.20. The van der Waals surface area contributed by atoms with Crippen molar-refractivity contribution < 1.29 is 17.6 Å². The quantitative estimate of drug-likeness (QED) is 0.171. The minimum Gasteiger partial charge on any atom is -0.432 e. The topological polar surface area (TPSA) is 72.9 Å². The van der Waals surface area contributed by atoms with Crippen LogP contribution in [0, 0.1) is 6.92 Å². The van der Waals surface area contributed by atoms with E-state index in [1.165, 1.54) is 0 Å². The van der Waals surface area contributed by atoms with Crippen molar-refractivity contribution in [2.75, 3.05) is 18.8 Å².